The van der Waals surface area contributed by atoms with E-state index in [-0.39, 0.29) is 0 Å². The van der Waals surface area contributed by atoms with Gasteiger partial charge in [-0.15, -0.1) is 0 Å². The van der Waals surface area contributed by atoms with Crippen molar-refractivity contribution in [3.63, 3.8) is 0 Å². The van der Waals surface area contributed by atoms with E-state index in [1.165, 1.54) is 0 Å². The van der Waals surface area contributed by atoms with Gasteiger partial charge in [0.1, 0.15) is 0 Å². The van der Waals surface area contributed by atoms with Gasteiger partial charge < -0.3 is 10.6 Å². The van der Waals surface area contributed by atoms with E-state index in [1.807, 2.05) is 4.90 Å². The number of likely N-dealkylation sites (tertiary alicyclic amines) is 1. The van der Waals surface area contributed by atoms with E-state index in [0.717, 1.165) is 19.5 Å². The third kappa shape index (κ3) is 3.49. The molecule has 15 heavy (non-hydrogen) atoms. The predicted molar refractivity (Wildman–Crippen MR) is 62.4 cm³/mol. The fourth-order valence-corrected chi connectivity index (χ4v) is 2.16. The van der Waals surface area contributed by atoms with Crippen LogP contribution in [0.5, 0.6) is 0 Å². The Kier molecular flexibility index (Phi) is 4.58. The molecule has 3 heteroatoms. The van der Waals surface area contributed by atoms with Gasteiger partial charge in [-0.3, -0.25) is 4.79 Å². The van der Waals surface area contributed by atoms with E-state index in [1.54, 1.807) is 0 Å². The van der Waals surface area contributed by atoms with Crippen LogP contribution in [-0.4, -0.2) is 30.4 Å². The van der Waals surface area contributed by atoms with Crippen molar-refractivity contribution >= 4 is 5.91 Å². The van der Waals surface area contributed by atoms with E-state index in [9.17, 15) is 4.79 Å². The molecule has 1 fully saturated rings. The Morgan fingerprint density at radius 2 is 2.20 bits per heavy atom. The van der Waals surface area contributed by atoms with Crippen LogP contribution in [0.4, 0.5) is 0 Å². The standard InChI is InChI=1S/C12H24N2O/c1-9(2)6-12(15)14-5-4-10(3)11(7-13)8-14/h9-11H,4-8,13H2,1-3H3. The molecule has 0 radical (unpaired) electrons. The van der Waals surface area contributed by atoms with Gasteiger partial charge in [0, 0.05) is 19.5 Å². The van der Waals surface area contributed by atoms with Crippen LogP contribution in [0.25, 0.3) is 0 Å². The molecule has 1 amide bonds. The normalized spacial score (nSPS) is 27.1. The fourth-order valence-electron chi connectivity index (χ4n) is 2.16. The molecule has 0 saturated carbocycles. The zero-order valence-electron chi connectivity index (χ0n) is 10.2. The summed E-state index contributed by atoms with van der Waals surface area (Å²) in [7, 11) is 0. The van der Waals surface area contributed by atoms with E-state index in [2.05, 4.69) is 20.8 Å². The predicted octanol–water partition coefficient (Wildman–Crippen LogP) is 1.48. The lowest BCUT2D eigenvalue weighted by molar-refractivity contribution is -0.134. The van der Waals surface area contributed by atoms with Crippen molar-refractivity contribution < 1.29 is 4.79 Å². The molecule has 1 aliphatic heterocycles. The maximum absolute atomic E-state index is 11.9. The minimum atomic E-state index is 0.301. The Morgan fingerprint density at radius 3 is 2.73 bits per heavy atom. The first kappa shape index (κ1) is 12.5. The Hall–Kier alpha value is -0.570. The molecule has 3 nitrogen and oxygen atoms in total. The number of nitrogens with two attached hydrogens (primary N) is 1. The minimum Gasteiger partial charge on any atom is -0.342 e. The van der Waals surface area contributed by atoms with Gasteiger partial charge in [0.2, 0.25) is 5.91 Å². The first-order valence-electron chi connectivity index (χ1n) is 6.02. The number of hydrogen-bond acceptors (Lipinski definition) is 2. The molecular weight excluding hydrogens is 188 g/mol. The SMILES string of the molecule is CC(C)CC(=O)N1CCC(C)C(CN)C1. The third-order valence-corrected chi connectivity index (χ3v) is 3.35. The van der Waals surface area contributed by atoms with Crippen molar-refractivity contribution in [3.8, 4) is 0 Å². The number of amides is 1. The van der Waals surface area contributed by atoms with E-state index in [4.69, 9.17) is 5.73 Å². The molecule has 0 aromatic carbocycles. The molecule has 2 unspecified atom stereocenters. The molecule has 2 N–H and O–H groups in total. The van der Waals surface area contributed by atoms with Gasteiger partial charge in [-0.25, -0.2) is 0 Å². The molecule has 0 spiro atoms. The Morgan fingerprint density at radius 1 is 1.53 bits per heavy atom. The van der Waals surface area contributed by atoms with Crippen molar-refractivity contribution in [1.29, 1.82) is 0 Å². The second kappa shape index (κ2) is 5.50. The number of hydrogen-bond donors (Lipinski definition) is 1. The highest BCUT2D eigenvalue weighted by molar-refractivity contribution is 5.76. The van der Waals surface area contributed by atoms with E-state index < -0.39 is 0 Å². The average molecular weight is 212 g/mol. The van der Waals surface area contributed by atoms with Gasteiger partial charge in [-0.05, 0) is 30.7 Å². The molecule has 0 aromatic heterocycles. The number of piperidine rings is 1. The summed E-state index contributed by atoms with van der Waals surface area (Å²) >= 11 is 0. The van der Waals surface area contributed by atoms with Gasteiger partial charge in [0.25, 0.3) is 0 Å². The van der Waals surface area contributed by atoms with Gasteiger partial charge in [0.05, 0.1) is 0 Å². The summed E-state index contributed by atoms with van der Waals surface area (Å²) < 4.78 is 0. The number of rotatable bonds is 3. The minimum absolute atomic E-state index is 0.301. The fraction of sp³-hybridized carbons (Fsp3) is 0.917. The lowest BCUT2D eigenvalue weighted by Gasteiger charge is -2.36. The monoisotopic (exact) mass is 212 g/mol. The van der Waals surface area contributed by atoms with Gasteiger partial charge in [-0.1, -0.05) is 20.8 Å². The molecule has 1 heterocycles. The molecule has 0 aliphatic carbocycles. The van der Waals surface area contributed by atoms with Crippen LogP contribution >= 0.6 is 0 Å². The Bertz CT molecular complexity index is 216. The van der Waals surface area contributed by atoms with E-state index >= 15 is 0 Å². The Labute approximate surface area is 93.0 Å². The third-order valence-electron chi connectivity index (χ3n) is 3.35. The zero-order valence-corrected chi connectivity index (χ0v) is 10.2. The lowest BCUT2D eigenvalue weighted by Crippen LogP contribution is -2.45. The van der Waals surface area contributed by atoms with Crippen LogP contribution in [0.1, 0.15) is 33.6 Å². The topological polar surface area (TPSA) is 46.3 Å². The number of carbonyl (C=O) groups excluding carboxylic acids is 1. The van der Waals surface area contributed by atoms with Crippen LogP contribution in [0.2, 0.25) is 0 Å². The summed E-state index contributed by atoms with van der Waals surface area (Å²) in [4.78, 5) is 13.9. The average Bonchev–Trinajstić information content (AvgIpc) is 2.17. The van der Waals surface area contributed by atoms with Crippen LogP contribution in [0, 0.1) is 17.8 Å². The van der Waals surface area contributed by atoms with Crippen molar-refractivity contribution in [3.05, 3.63) is 0 Å². The summed E-state index contributed by atoms with van der Waals surface area (Å²) in [5, 5.41) is 0. The zero-order chi connectivity index (χ0) is 11.4. The summed E-state index contributed by atoms with van der Waals surface area (Å²) in [6.07, 6.45) is 1.78. The van der Waals surface area contributed by atoms with Crippen molar-refractivity contribution in [2.75, 3.05) is 19.6 Å². The van der Waals surface area contributed by atoms with Crippen molar-refractivity contribution in [2.24, 2.45) is 23.5 Å². The first-order valence-corrected chi connectivity index (χ1v) is 6.02. The maximum atomic E-state index is 11.9. The molecule has 2 atom stereocenters. The molecule has 1 saturated heterocycles. The van der Waals surface area contributed by atoms with Gasteiger partial charge >= 0.3 is 0 Å². The smallest absolute Gasteiger partial charge is 0.222 e. The highest BCUT2D eigenvalue weighted by atomic mass is 16.2. The van der Waals surface area contributed by atoms with Crippen molar-refractivity contribution in [2.45, 2.75) is 33.6 Å². The molecule has 88 valence electrons. The Balaban J connectivity index is 2.47. The summed E-state index contributed by atoms with van der Waals surface area (Å²) in [6, 6.07) is 0. The van der Waals surface area contributed by atoms with Crippen LogP contribution in [0.15, 0.2) is 0 Å². The maximum Gasteiger partial charge on any atom is 0.222 e. The lowest BCUT2D eigenvalue weighted by atomic mass is 9.87. The summed E-state index contributed by atoms with van der Waals surface area (Å²) in [5.74, 6) is 1.91. The van der Waals surface area contributed by atoms with E-state index in [0.29, 0.717) is 36.6 Å². The van der Waals surface area contributed by atoms with Gasteiger partial charge in [0.15, 0.2) is 0 Å². The molecular formula is C12H24N2O. The second-order valence-corrected chi connectivity index (χ2v) is 5.20. The largest absolute Gasteiger partial charge is 0.342 e. The van der Waals surface area contributed by atoms with Crippen molar-refractivity contribution in [1.82, 2.24) is 4.90 Å². The number of nitrogens with zero attached hydrogens (tertiary/aromatic N) is 1. The molecule has 1 rings (SSSR count). The first-order chi connectivity index (χ1) is 7.04. The summed E-state index contributed by atoms with van der Waals surface area (Å²) in [6.45, 7) is 8.90. The quantitative estimate of drug-likeness (QED) is 0.770. The van der Waals surface area contributed by atoms with Crippen LogP contribution < -0.4 is 5.73 Å². The second-order valence-electron chi connectivity index (χ2n) is 5.20. The molecule has 1 aliphatic rings. The molecule has 0 bridgehead atoms. The number of carbonyl (C=O) groups is 1. The van der Waals surface area contributed by atoms with Gasteiger partial charge in [-0.2, -0.15) is 0 Å². The van der Waals surface area contributed by atoms with Crippen LogP contribution in [-0.2, 0) is 4.79 Å². The highest BCUT2D eigenvalue weighted by Gasteiger charge is 2.27. The summed E-state index contributed by atoms with van der Waals surface area (Å²) in [5.41, 5.74) is 5.72. The highest BCUT2D eigenvalue weighted by Crippen LogP contribution is 2.23. The molecule has 0 aromatic rings. The van der Waals surface area contributed by atoms with Crippen LogP contribution in [0.3, 0.4) is 0 Å².